The summed E-state index contributed by atoms with van der Waals surface area (Å²) in [5.41, 5.74) is 3.30. The van der Waals surface area contributed by atoms with Crippen LogP contribution in [0.3, 0.4) is 0 Å². The van der Waals surface area contributed by atoms with E-state index in [9.17, 15) is 4.39 Å². The summed E-state index contributed by atoms with van der Waals surface area (Å²) >= 11 is 5.13. The Morgan fingerprint density at radius 3 is 2.32 bits per heavy atom. The van der Waals surface area contributed by atoms with Crippen LogP contribution in [0.5, 0.6) is 0 Å². The lowest BCUT2D eigenvalue weighted by molar-refractivity contribution is 0.584. The average Bonchev–Trinajstić information content (AvgIpc) is 2.82. The van der Waals surface area contributed by atoms with Gasteiger partial charge in [-0.05, 0) is 18.3 Å². The van der Waals surface area contributed by atoms with Crippen LogP contribution in [-0.4, -0.2) is 15.0 Å². The van der Waals surface area contributed by atoms with Crippen molar-refractivity contribution in [2.75, 3.05) is 0 Å². The molecule has 0 unspecified atom stereocenters. The van der Waals surface area contributed by atoms with Gasteiger partial charge in [0.15, 0.2) is 4.77 Å². The number of pyridine rings is 1. The van der Waals surface area contributed by atoms with Crippen molar-refractivity contribution in [2.24, 2.45) is 0 Å². The van der Waals surface area contributed by atoms with Gasteiger partial charge in [-0.1, -0.05) is 30.3 Å². The molecule has 1 aromatic carbocycles. The zero-order chi connectivity index (χ0) is 13.2. The first-order valence-electron chi connectivity index (χ1n) is 5.73. The first-order valence-corrected chi connectivity index (χ1v) is 6.14. The molecule has 3 nitrogen and oxygen atoms in total. The van der Waals surface area contributed by atoms with E-state index in [2.05, 4.69) is 15.0 Å². The number of rotatable bonds is 2. The number of aromatic amines is 2. The molecule has 0 saturated heterocycles. The number of aromatic nitrogens is 3. The predicted molar refractivity (Wildman–Crippen MR) is 74.6 cm³/mol. The van der Waals surface area contributed by atoms with Crippen molar-refractivity contribution in [1.82, 2.24) is 15.0 Å². The number of hydrogen-bond donors (Lipinski definition) is 2. The van der Waals surface area contributed by atoms with Gasteiger partial charge in [0, 0.05) is 23.4 Å². The number of nitrogens with zero attached hydrogens (tertiary/aromatic N) is 1. The maximum absolute atomic E-state index is 13.2. The van der Waals surface area contributed by atoms with E-state index in [-0.39, 0.29) is 0 Å². The summed E-state index contributed by atoms with van der Waals surface area (Å²) < 4.78 is 13.7. The lowest BCUT2D eigenvalue weighted by Crippen LogP contribution is -1.87. The molecule has 0 bridgehead atoms. The van der Waals surface area contributed by atoms with Crippen molar-refractivity contribution in [2.45, 2.75) is 0 Å². The van der Waals surface area contributed by atoms with Crippen molar-refractivity contribution in [3.63, 3.8) is 0 Å². The molecule has 19 heavy (non-hydrogen) atoms. The molecule has 0 fully saturated rings. The second-order valence-corrected chi connectivity index (χ2v) is 4.47. The van der Waals surface area contributed by atoms with Gasteiger partial charge in [0.05, 0.1) is 11.4 Å². The van der Waals surface area contributed by atoms with Crippen molar-refractivity contribution < 1.29 is 4.39 Å². The third-order valence-corrected chi connectivity index (χ3v) is 3.01. The van der Waals surface area contributed by atoms with Gasteiger partial charge < -0.3 is 9.97 Å². The number of imidazole rings is 1. The largest absolute Gasteiger partial charge is 0.330 e. The quantitative estimate of drug-likeness (QED) is 0.547. The normalized spacial score (nSPS) is 10.6. The molecule has 0 aliphatic heterocycles. The lowest BCUT2D eigenvalue weighted by atomic mass is 10.1. The maximum atomic E-state index is 13.2. The Kier molecular flexibility index (Phi) is 2.97. The number of halogens is 1. The van der Waals surface area contributed by atoms with E-state index in [1.807, 2.05) is 30.3 Å². The molecular formula is C14H10FN3S. The van der Waals surface area contributed by atoms with E-state index in [1.165, 1.54) is 12.3 Å². The molecule has 3 aromatic rings. The SMILES string of the molecule is Fc1cc(-c2[nH]c(=S)[nH]c2-c2ccccc2)ccn1. The molecule has 3 rings (SSSR count). The van der Waals surface area contributed by atoms with E-state index < -0.39 is 5.95 Å². The standard InChI is InChI=1S/C14H10FN3S/c15-11-8-10(6-7-16-11)13-12(17-14(19)18-13)9-4-2-1-3-5-9/h1-8H,(H2,17,18,19). The highest BCUT2D eigenvalue weighted by Crippen LogP contribution is 2.29. The molecule has 0 spiro atoms. The minimum Gasteiger partial charge on any atom is -0.330 e. The highest BCUT2D eigenvalue weighted by molar-refractivity contribution is 7.71. The van der Waals surface area contributed by atoms with Gasteiger partial charge in [0.2, 0.25) is 5.95 Å². The second kappa shape index (κ2) is 4.78. The molecule has 2 heterocycles. The Labute approximate surface area is 114 Å². The van der Waals surface area contributed by atoms with Gasteiger partial charge >= 0.3 is 0 Å². The zero-order valence-electron chi connectivity index (χ0n) is 9.85. The fraction of sp³-hybridized carbons (Fsp3) is 0. The van der Waals surface area contributed by atoms with Crippen molar-refractivity contribution in [1.29, 1.82) is 0 Å². The molecule has 0 saturated carbocycles. The van der Waals surface area contributed by atoms with Crippen molar-refractivity contribution in [3.8, 4) is 22.5 Å². The van der Waals surface area contributed by atoms with Gasteiger partial charge in [0.25, 0.3) is 0 Å². The Balaban J connectivity index is 2.21. The van der Waals surface area contributed by atoms with Crippen LogP contribution in [-0.2, 0) is 0 Å². The molecule has 0 radical (unpaired) electrons. The zero-order valence-corrected chi connectivity index (χ0v) is 10.7. The summed E-state index contributed by atoms with van der Waals surface area (Å²) in [6.45, 7) is 0. The fourth-order valence-corrected chi connectivity index (χ4v) is 2.18. The minimum absolute atomic E-state index is 0.506. The van der Waals surface area contributed by atoms with Gasteiger partial charge in [-0.3, -0.25) is 0 Å². The van der Waals surface area contributed by atoms with E-state index in [1.54, 1.807) is 6.07 Å². The minimum atomic E-state index is -0.517. The fourth-order valence-electron chi connectivity index (χ4n) is 1.98. The highest BCUT2D eigenvalue weighted by atomic mass is 32.1. The maximum Gasteiger partial charge on any atom is 0.213 e. The first-order chi connectivity index (χ1) is 9.24. The Bertz CT molecular complexity index is 762. The van der Waals surface area contributed by atoms with Gasteiger partial charge in [-0.2, -0.15) is 4.39 Å². The van der Waals surface area contributed by atoms with Gasteiger partial charge in [0.1, 0.15) is 0 Å². The summed E-state index contributed by atoms with van der Waals surface area (Å²) in [6, 6.07) is 12.9. The Morgan fingerprint density at radius 1 is 0.947 bits per heavy atom. The molecule has 0 atom stereocenters. The molecule has 0 aliphatic rings. The monoisotopic (exact) mass is 271 g/mol. The summed E-state index contributed by atoms with van der Waals surface area (Å²) in [4.78, 5) is 9.70. The molecule has 2 N–H and O–H groups in total. The molecule has 94 valence electrons. The topological polar surface area (TPSA) is 44.5 Å². The van der Waals surface area contributed by atoms with Gasteiger partial charge in [-0.25, -0.2) is 4.98 Å². The first kappa shape index (κ1) is 11.8. The van der Waals surface area contributed by atoms with Gasteiger partial charge in [-0.15, -0.1) is 0 Å². The van der Waals surface area contributed by atoms with E-state index in [0.29, 0.717) is 10.3 Å². The number of benzene rings is 1. The van der Waals surface area contributed by atoms with Crippen LogP contribution in [0.25, 0.3) is 22.5 Å². The van der Waals surface area contributed by atoms with Crippen LogP contribution >= 0.6 is 12.2 Å². The smallest absolute Gasteiger partial charge is 0.213 e. The Hall–Kier alpha value is -2.27. The number of hydrogen-bond acceptors (Lipinski definition) is 2. The van der Waals surface area contributed by atoms with Crippen LogP contribution in [0, 0.1) is 10.7 Å². The molecule has 0 aliphatic carbocycles. The van der Waals surface area contributed by atoms with Crippen LogP contribution < -0.4 is 0 Å². The van der Waals surface area contributed by atoms with Crippen molar-refractivity contribution >= 4 is 12.2 Å². The van der Waals surface area contributed by atoms with Crippen molar-refractivity contribution in [3.05, 3.63) is 59.4 Å². The predicted octanol–water partition coefficient (Wildman–Crippen LogP) is 3.94. The number of H-pyrrole nitrogens is 2. The van der Waals surface area contributed by atoms with Crippen LogP contribution in [0.4, 0.5) is 4.39 Å². The van der Waals surface area contributed by atoms with Crippen LogP contribution in [0.15, 0.2) is 48.7 Å². The number of nitrogens with one attached hydrogen (secondary N) is 2. The third-order valence-electron chi connectivity index (χ3n) is 2.80. The average molecular weight is 271 g/mol. The Morgan fingerprint density at radius 2 is 1.63 bits per heavy atom. The molecule has 2 aromatic heterocycles. The molecule has 5 heteroatoms. The second-order valence-electron chi connectivity index (χ2n) is 4.06. The molecular weight excluding hydrogens is 261 g/mol. The third kappa shape index (κ3) is 2.32. The van der Waals surface area contributed by atoms with E-state index in [4.69, 9.17) is 12.2 Å². The van der Waals surface area contributed by atoms with Crippen LogP contribution in [0.1, 0.15) is 0 Å². The lowest BCUT2D eigenvalue weighted by Gasteiger charge is -2.03. The summed E-state index contributed by atoms with van der Waals surface area (Å²) in [5.74, 6) is -0.517. The van der Waals surface area contributed by atoms with Crippen LogP contribution in [0.2, 0.25) is 0 Å². The highest BCUT2D eigenvalue weighted by Gasteiger charge is 2.10. The summed E-state index contributed by atoms with van der Waals surface area (Å²) in [7, 11) is 0. The molecule has 0 amide bonds. The van der Waals surface area contributed by atoms with E-state index in [0.717, 1.165) is 17.0 Å². The summed E-state index contributed by atoms with van der Waals surface area (Å²) in [5, 5.41) is 0. The summed E-state index contributed by atoms with van der Waals surface area (Å²) in [6.07, 6.45) is 1.43. The van der Waals surface area contributed by atoms with E-state index >= 15 is 0 Å².